The average Bonchev–Trinajstić information content (AvgIpc) is 2.14. The van der Waals surface area contributed by atoms with E-state index >= 15 is 0 Å². The van der Waals surface area contributed by atoms with Gasteiger partial charge in [0.1, 0.15) is 6.54 Å². The molecule has 0 saturated heterocycles. The minimum atomic E-state index is -0.690. The molecule has 0 spiro atoms. The van der Waals surface area contributed by atoms with Crippen LogP contribution >= 0.6 is 22.6 Å². The Labute approximate surface area is 89.3 Å². The van der Waals surface area contributed by atoms with Crippen LogP contribution < -0.4 is 5.32 Å². The molecule has 72 valence electrons. The van der Waals surface area contributed by atoms with Crippen LogP contribution in [0.5, 0.6) is 0 Å². The van der Waals surface area contributed by atoms with Crippen LogP contribution in [-0.4, -0.2) is 32.3 Å². The number of ether oxygens (including phenoxy) is 2. The summed E-state index contributed by atoms with van der Waals surface area (Å²) in [5.74, 6) is 1.99. The van der Waals surface area contributed by atoms with Gasteiger partial charge in [-0.2, -0.15) is 0 Å². The lowest BCUT2D eigenvalue weighted by Gasteiger charge is -2.02. The quantitative estimate of drug-likeness (QED) is 0.462. The molecule has 0 bridgehead atoms. The Morgan fingerprint density at radius 1 is 1.54 bits per heavy atom. The summed E-state index contributed by atoms with van der Waals surface area (Å²) in [6.07, 6.45) is -0.690. The maximum absolute atomic E-state index is 10.7. The predicted molar refractivity (Wildman–Crippen MR) is 53.2 cm³/mol. The molecule has 0 atom stereocenters. The van der Waals surface area contributed by atoms with Crippen molar-refractivity contribution in [1.29, 1.82) is 0 Å². The largest absolute Gasteiger partial charge is 0.468 e. The highest BCUT2D eigenvalue weighted by Crippen LogP contribution is 1.78. The molecule has 1 N–H and O–H groups in total. The number of amides is 1. The van der Waals surface area contributed by atoms with Gasteiger partial charge in [0.15, 0.2) is 6.61 Å². The predicted octanol–water partition coefficient (Wildman–Crippen LogP) is 0.282. The van der Waals surface area contributed by atoms with E-state index in [-0.39, 0.29) is 13.2 Å². The van der Waals surface area contributed by atoms with Crippen molar-refractivity contribution in [2.24, 2.45) is 0 Å². The van der Waals surface area contributed by atoms with Gasteiger partial charge in [0.25, 0.3) is 0 Å². The van der Waals surface area contributed by atoms with Gasteiger partial charge < -0.3 is 14.8 Å². The summed E-state index contributed by atoms with van der Waals surface area (Å²) in [6.45, 7) is -0.192. The van der Waals surface area contributed by atoms with E-state index in [1.807, 2.05) is 22.6 Å². The van der Waals surface area contributed by atoms with Gasteiger partial charge in [0, 0.05) is 22.6 Å². The molecule has 13 heavy (non-hydrogen) atoms. The molecule has 1 amide bonds. The molecule has 0 unspecified atom stereocenters. The number of halogens is 1. The number of methoxy groups -OCH3 is 1. The van der Waals surface area contributed by atoms with Crippen LogP contribution in [0, 0.1) is 9.85 Å². The molecule has 0 fully saturated rings. The second-order valence-corrected chi connectivity index (χ2v) is 2.32. The number of alkyl carbamates (subject to hydrolysis) is 1. The summed E-state index contributed by atoms with van der Waals surface area (Å²) in [5, 5.41) is 2.19. The van der Waals surface area contributed by atoms with E-state index in [1.165, 1.54) is 7.11 Å². The Balaban J connectivity index is 3.49. The maximum atomic E-state index is 10.7. The van der Waals surface area contributed by atoms with E-state index in [2.05, 4.69) is 24.6 Å². The first-order valence-electron chi connectivity index (χ1n) is 3.26. The molecule has 0 saturated carbocycles. The summed E-state index contributed by atoms with van der Waals surface area (Å²) in [5.41, 5.74) is 0. The van der Waals surface area contributed by atoms with E-state index in [1.54, 1.807) is 0 Å². The van der Waals surface area contributed by atoms with Crippen molar-refractivity contribution >= 4 is 34.7 Å². The van der Waals surface area contributed by atoms with Gasteiger partial charge in [-0.25, -0.2) is 4.79 Å². The van der Waals surface area contributed by atoms with Crippen molar-refractivity contribution in [3.8, 4) is 9.85 Å². The van der Waals surface area contributed by atoms with E-state index in [9.17, 15) is 9.59 Å². The zero-order valence-electron chi connectivity index (χ0n) is 6.93. The van der Waals surface area contributed by atoms with Crippen LogP contribution in [0.1, 0.15) is 0 Å². The van der Waals surface area contributed by atoms with Crippen molar-refractivity contribution in [3.05, 3.63) is 0 Å². The second kappa shape index (κ2) is 7.67. The third-order valence-corrected chi connectivity index (χ3v) is 1.33. The third-order valence-electron chi connectivity index (χ3n) is 0.947. The molecule has 6 heteroatoms. The van der Waals surface area contributed by atoms with Gasteiger partial charge in [-0.1, -0.05) is 5.92 Å². The van der Waals surface area contributed by atoms with Crippen molar-refractivity contribution in [2.75, 3.05) is 20.3 Å². The van der Waals surface area contributed by atoms with Crippen molar-refractivity contribution in [3.63, 3.8) is 0 Å². The summed E-state index contributed by atoms with van der Waals surface area (Å²) in [4.78, 5) is 21.3. The molecule has 0 aliphatic carbocycles. The molecule has 0 aliphatic heterocycles. The molecule has 0 heterocycles. The van der Waals surface area contributed by atoms with Gasteiger partial charge in [0.05, 0.1) is 7.11 Å². The number of rotatable bonds is 3. The monoisotopic (exact) mass is 297 g/mol. The molecule has 0 aromatic heterocycles. The standard InChI is InChI=1S/C7H8INO4/c1-12-6(10)5-9-7(11)13-4-2-3-8/h4-5H2,1H3,(H,9,11). The average molecular weight is 297 g/mol. The highest BCUT2D eigenvalue weighted by Gasteiger charge is 2.04. The topological polar surface area (TPSA) is 64.6 Å². The van der Waals surface area contributed by atoms with Gasteiger partial charge in [-0.3, -0.25) is 4.79 Å². The summed E-state index contributed by atoms with van der Waals surface area (Å²) >= 11 is 1.83. The van der Waals surface area contributed by atoms with Crippen molar-refractivity contribution in [2.45, 2.75) is 0 Å². The van der Waals surface area contributed by atoms with E-state index in [0.717, 1.165) is 0 Å². The third kappa shape index (κ3) is 7.39. The Hall–Kier alpha value is -0.970. The fraction of sp³-hybridized carbons (Fsp3) is 0.429. The van der Waals surface area contributed by atoms with Crippen LogP contribution in [0.4, 0.5) is 4.79 Å². The Morgan fingerprint density at radius 3 is 2.77 bits per heavy atom. The Bertz CT molecular complexity index is 243. The fourth-order valence-electron chi connectivity index (χ4n) is 0.396. The van der Waals surface area contributed by atoms with Gasteiger partial charge >= 0.3 is 12.1 Å². The van der Waals surface area contributed by atoms with Crippen LogP contribution in [0.25, 0.3) is 0 Å². The lowest BCUT2D eigenvalue weighted by Crippen LogP contribution is -2.30. The number of carbonyl (C=O) groups excluding carboxylic acids is 2. The first-order valence-corrected chi connectivity index (χ1v) is 4.34. The normalized spacial score (nSPS) is 7.85. The number of nitrogens with one attached hydrogen (secondary N) is 1. The minimum Gasteiger partial charge on any atom is -0.468 e. The number of carbonyl (C=O) groups is 2. The molecule has 0 rings (SSSR count). The summed E-state index contributed by atoms with van der Waals surface area (Å²) in [7, 11) is 1.23. The Morgan fingerprint density at radius 2 is 2.23 bits per heavy atom. The molecular formula is C7H8INO4. The van der Waals surface area contributed by atoms with Crippen molar-refractivity contribution < 1.29 is 19.1 Å². The minimum absolute atomic E-state index is 0.00987. The SMILES string of the molecule is COC(=O)CNC(=O)OCC#CI. The van der Waals surface area contributed by atoms with Gasteiger partial charge in [-0.05, 0) is 3.93 Å². The highest BCUT2D eigenvalue weighted by molar-refractivity contribution is 14.1. The maximum Gasteiger partial charge on any atom is 0.408 e. The van der Waals surface area contributed by atoms with E-state index in [0.29, 0.717) is 0 Å². The summed E-state index contributed by atoms with van der Waals surface area (Å²) in [6, 6.07) is 0. The van der Waals surface area contributed by atoms with Crippen LogP contribution in [0.15, 0.2) is 0 Å². The lowest BCUT2D eigenvalue weighted by molar-refractivity contribution is -0.139. The molecule has 0 radical (unpaired) electrons. The number of hydrogen-bond donors (Lipinski definition) is 1. The Kier molecular flexibility index (Phi) is 7.10. The van der Waals surface area contributed by atoms with Gasteiger partial charge in [0.2, 0.25) is 0 Å². The highest BCUT2D eigenvalue weighted by atomic mass is 127. The molecule has 0 aliphatic rings. The second-order valence-electron chi connectivity index (χ2n) is 1.78. The first-order chi connectivity index (χ1) is 6.20. The van der Waals surface area contributed by atoms with Crippen molar-refractivity contribution in [1.82, 2.24) is 5.32 Å². The molecule has 0 aromatic rings. The number of hydrogen-bond acceptors (Lipinski definition) is 4. The van der Waals surface area contributed by atoms with Gasteiger partial charge in [-0.15, -0.1) is 0 Å². The molecule has 5 nitrogen and oxygen atoms in total. The molecule has 0 aromatic carbocycles. The first kappa shape index (κ1) is 12.0. The zero-order chi connectivity index (χ0) is 10.1. The van der Waals surface area contributed by atoms with Crippen LogP contribution in [-0.2, 0) is 14.3 Å². The van der Waals surface area contributed by atoms with Crippen LogP contribution in [0.3, 0.4) is 0 Å². The fourth-order valence-corrected chi connectivity index (χ4v) is 0.552. The van der Waals surface area contributed by atoms with E-state index in [4.69, 9.17) is 0 Å². The van der Waals surface area contributed by atoms with E-state index < -0.39 is 12.1 Å². The smallest absolute Gasteiger partial charge is 0.408 e. The lowest BCUT2D eigenvalue weighted by atomic mass is 10.6. The van der Waals surface area contributed by atoms with Crippen LogP contribution in [0.2, 0.25) is 0 Å². The number of esters is 1. The molecular weight excluding hydrogens is 289 g/mol. The zero-order valence-corrected chi connectivity index (χ0v) is 9.08. The summed E-state index contributed by atoms with van der Waals surface area (Å²) < 4.78 is 11.4.